The molecule has 30 heavy (non-hydrogen) atoms. The molecular weight excluding hydrogens is 380 g/mol. The van der Waals surface area contributed by atoms with E-state index in [1.807, 2.05) is 17.2 Å². The predicted octanol–water partition coefficient (Wildman–Crippen LogP) is 2.67. The van der Waals surface area contributed by atoms with Gasteiger partial charge in [-0.2, -0.15) is 5.26 Å². The molecule has 2 aliphatic heterocycles. The first-order valence-corrected chi connectivity index (χ1v) is 11.0. The van der Waals surface area contributed by atoms with Gasteiger partial charge < -0.3 is 14.7 Å². The molecule has 7 rings (SSSR count). The highest BCUT2D eigenvalue weighted by Crippen LogP contribution is 2.58. The summed E-state index contributed by atoms with van der Waals surface area (Å²) in [6.07, 6.45) is 11.1. The van der Waals surface area contributed by atoms with E-state index in [0.717, 1.165) is 38.5 Å². The van der Waals surface area contributed by atoms with Crippen LogP contribution < -0.4 is 4.74 Å². The number of urea groups is 1. The highest BCUT2D eigenvalue weighted by molar-refractivity contribution is 5.80. The number of nitrogens with zero attached hydrogens (tertiary/aromatic N) is 4. The van der Waals surface area contributed by atoms with Gasteiger partial charge in [-0.05, 0) is 62.3 Å². The quantitative estimate of drug-likeness (QED) is 0.830. The van der Waals surface area contributed by atoms with Gasteiger partial charge in [-0.1, -0.05) is 6.08 Å². The molecule has 7 heteroatoms. The highest BCUT2D eigenvalue weighted by atomic mass is 16.5. The number of hydrogen-bond donors (Lipinski definition) is 1. The van der Waals surface area contributed by atoms with Crippen LogP contribution in [0.3, 0.4) is 0 Å². The minimum absolute atomic E-state index is 0.0737. The maximum atomic E-state index is 13.4. The van der Waals surface area contributed by atoms with E-state index in [-0.39, 0.29) is 12.1 Å². The first kappa shape index (κ1) is 18.2. The Hall–Kier alpha value is -2.59. The molecule has 1 aromatic heterocycles. The third-order valence-corrected chi connectivity index (χ3v) is 8.08. The molecule has 0 radical (unpaired) electrons. The zero-order valence-corrected chi connectivity index (χ0v) is 16.9. The molecule has 156 valence electrons. The summed E-state index contributed by atoms with van der Waals surface area (Å²) < 4.78 is 5.99. The Kier molecular flexibility index (Phi) is 3.77. The summed E-state index contributed by atoms with van der Waals surface area (Å²) in [5.41, 5.74) is -0.401. The van der Waals surface area contributed by atoms with E-state index in [1.165, 1.54) is 6.20 Å². The maximum Gasteiger partial charge on any atom is 0.325 e. The second-order valence-electron chi connectivity index (χ2n) is 10.1. The van der Waals surface area contributed by atoms with E-state index < -0.39 is 11.1 Å². The lowest BCUT2D eigenvalue weighted by molar-refractivity contribution is -0.152. The van der Waals surface area contributed by atoms with Crippen molar-refractivity contribution in [2.24, 2.45) is 17.8 Å². The summed E-state index contributed by atoms with van der Waals surface area (Å²) in [6.45, 7) is 1.02. The third-order valence-electron chi connectivity index (χ3n) is 8.08. The van der Waals surface area contributed by atoms with Crippen LogP contribution in [0.25, 0.3) is 0 Å². The number of carbonyl (C=O) groups excluding carboxylic acids is 1. The summed E-state index contributed by atoms with van der Waals surface area (Å²) >= 11 is 0. The Labute approximate surface area is 175 Å². The standard InChI is InChI=1S/C23H26N4O3/c24-11-15-2-3-19(25-12-15)30-14-22-4-1-5-27(22)21(28)26(13-22)20-17-6-16-7-18(20)10-23(29,8-16)9-17/h1-3,5,12,16-18,20,29H,4,6-10,13-14H2/t16?,17?,18?,20?,22-,23?/m0/s1. The average molecular weight is 406 g/mol. The maximum absolute atomic E-state index is 13.4. The number of ether oxygens (including phenoxy) is 1. The molecule has 3 atom stereocenters. The van der Waals surface area contributed by atoms with Crippen LogP contribution in [0.1, 0.15) is 44.1 Å². The number of amides is 2. The molecule has 4 saturated carbocycles. The summed E-state index contributed by atoms with van der Waals surface area (Å²) in [5, 5.41) is 19.9. The Morgan fingerprint density at radius 1 is 1.27 bits per heavy atom. The summed E-state index contributed by atoms with van der Waals surface area (Å²) in [5.74, 6) is 1.92. The fourth-order valence-corrected chi connectivity index (χ4v) is 7.18. The van der Waals surface area contributed by atoms with Gasteiger partial charge in [0.2, 0.25) is 5.88 Å². The lowest BCUT2D eigenvalue weighted by atomic mass is 9.52. The molecule has 2 unspecified atom stereocenters. The van der Waals surface area contributed by atoms with Crippen molar-refractivity contribution >= 4 is 6.03 Å². The van der Waals surface area contributed by atoms with Crippen molar-refractivity contribution in [2.45, 2.75) is 55.7 Å². The van der Waals surface area contributed by atoms with Crippen molar-refractivity contribution < 1.29 is 14.6 Å². The molecule has 1 aromatic rings. The molecule has 4 aliphatic carbocycles. The topological polar surface area (TPSA) is 89.7 Å². The Bertz CT molecular complexity index is 938. The van der Waals surface area contributed by atoms with Gasteiger partial charge in [-0.15, -0.1) is 0 Å². The fourth-order valence-electron chi connectivity index (χ4n) is 7.18. The van der Waals surface area contributed by atoms with Gasteiger partial charge in [0.05, 0.1) is 17.7 Å². The van der Waals surface area contributed by atoms with Crippen LogP contribution in [0, 0.1) is 29.1 Å². The molecule has 3 heterocycles. The van der Waals surface area contributed by atoms with Crippen LogP contribution in [0.2, 0.25) is 0 Å². The molecule has 0 aromatic carbocycles. The third kappa shape index (κ3) is 2.59. The minimum atomic E-state index is -0.492. The number of carbonyl (C=O) groups is 1. The van der Waals surface area contributed by atoms with Crippen molar-refractivity contribution in [3.05, 3.63) is 36.2 Å². The Morgan fingerprint density at radius 3 is 2.73 bits per heavy atom. The van der Waals surface area contributed by atoms with E-state index in [9.17, 15) is 9.90 Å². The van der Waals surface area contributed by atoms with E-state index in [2.05, 4.69) is 16.0 Å². The highest BCUT2D eigenvalue weighted by Gasteiger charge is 2.61. The first-order chi connectivity index (χ1) is 14.5. The Morgan fingerprint density at radius 2 is 2.07 bits per heavy atom. The molecule has 7 nitrogen and oxygen atoms in total. The van der Waals surface area contributed by atoms with Crippen LogP contribution >= 0.6 is 0 Å². The summed E-state index contributed by atoms with van der Waals surface area (Å²) in [6, 6.07) is 5.76. The number of hydrogen-bond acceptors (Lipinski definition) is 5. The zero-order chi connectivity index (χ0) is 20.5. The largest absolute Gasteiger partial charge is 0.475 e. The second kappa shape index (κ2) is 6.21. The number of aliphatic hydroxyl groups is 1. The Balaban J connectivity index is 1.22. The smallest absolute Gasteiger partial charge is 0.325 e. The summed E-state index contributed by atoms with van der Waals surface area (Å²) in [7, 11) is 0. The number of rotatable bonds is 4. The van der Waals surface area contributed by atoms with Crippen LogP contribution in [0.4, 0.5) is 4.79 Å². The number of aromatic nitrogens is 1. The van der Waals surface area contributed by atoms with Gasteiger partial charge in [-0.3, -0.25) is 4.90 Å². The van der Waals surface area contributed by atoms with E-state index >= 15 is 0 Å². The fraction of sp³-hybridized carbons (Fsp3) is 0.609. The van der Waals surface area contributed by atoms with Gasteiger partial charge >= 0.3 is 6.03 Å². The molecule has 6 aliphatic rings. The van der Waals surface area contributed by atoms with Crippen LogP contribution in [0.15, 0.2) is 30.6 Å². The summed E-state index contributed by atoms with van der Waals surface area (Å²) in [4.78, 5) is 21.6. The van der Waals surface area contributed by atoms with Crippen molar-refractivity contribution in [3.8, 4) is 11.9 Å². The van der Waals surface area contributed by atoms with Crippen molar-refractivity contribution in [1.29, 1.82) is 5.26 Å². The lowest BCUT2D eigenvalue weighted by Gasteiger charge is -2.59. The molecule has 0 spiro atoms. The average Bonchev–Trinajstić information content (AvgIpc) is 3.24. The number of nitriles is 1. The first-order valence-electron chi connectivity index (χ1n) is 11.0. The number of fused-ring (bicyclic) bond motifs is 1. The predicted molar refractivity (Wildman–Crippen MR) is 107 cm³/mol. The molecule has 4 bridgehead atoms. The minimum Gasteiger partial charge on any atom is -0.475 e. The molecule has 2 amide bonds. The van der Waals surface area contributed by atoms with Crippen molar-refractivity contribution in [2.75, 3.05) is 13.2 Å². The van der Waals surface area contributed by atoms with Crippen LogP contribution in [-0.2, 0) is 0 Å². The van der Waals surface area contributed by atoms with Gasteiger partial charge in [0, 0.05) is 24.5 Å². The van der Waals surface area contributed by atoms with Crippen molar-refractivity contribution in [3.63, 3.8) is 0 Å². The second-order valence-corrected chi connectivity index (χ2v) is 10.1. The normalized spacial score (nSPS) is 40.7. The van der Waals surface area contributed by atoms with Gasteiger partial charge in [0.1, 0.15) is 18.2 Å². The lowest BCUT2D eigenvalue weighted by Crippen LogP contribution is -2.62. The van der Waals surface area contributed by atoms with E-state index in [0.29, 0.717) is 42.3 Å². The van der Waals surface area contributed by atoms with E-state index in [4.69, 9.17) is 10.00 Å². The van der Waals surface area contributed by atoms with Gasteiger partial charge in [0.15, 0.2) is 0 Å². The molecule has 1 saturated heterocycles. The molecule has 1 N–H and O–H groups in total. The van der Waals surface area contributed by atoms with E-state index in [1.54, 1.807) is 12.1 Å². The molecule has 5 fully saturated rings. The van der Waals surface area contributed by atoms with Crippen LogP contribution in [-0.4, -0.2) is 56.3 Å². The zero-order valence-electron chi connectivity index (χ0n) is 16.9. The monoisotopic (exact) mass is 406 g/mol. The number of pyridine rings is 1. The SMILES string of the molecule is N#Cc1ccc(OC[C@@]23CC=CN2C(=O)N(C2C4CC5CC2CC(O)(C5)C4)C3)nc1. The van der Waals surface area contributed by atoms with Gasteiger partial charge in [0.25, 0.3) is 0 Å². The van der Waals surface area contributed by atoms with Gasteiger partial charge in [-0.25, -0.2) is 9.78 Å². The molecular formula is C23H26N4O3. The van der Waals surface area contributed by atoms with Crippen LogP contribution in [0.5, 0.6) is 5.88 Å². The van der Waals surface area contributed by atoms with Crippen molar-refractivity contribution in [1.82, 2.24) is 14.8 Å².